The van der Waals surface area contributed by atoms with Crippen LogP contribution in [0.2, 0.25) is 0 Å². The Kier molecular flexibility index (Phi) is 9.95. The van der Waals surface area contributed by atoms with Crippen molar-refractivity contribution in [3.63, 3.8) is 0 Å². The molecule has 0 aliphatic carbocycles. The van der Waals surface area contributed by atoms with Crippen LogP contribution in [-0.4, -0.2) is 64.1 Å². The average molecular weight is 596 g/mol. The Morgan fingerprint density at radius 2 is 1.62 bits per heavy atom. The molecule has 0 spiro atoms. The van der Waals surface area contributed by atoms with Gasteiger partial charge in [-0.15, -0.1) is 0 Å². The topological polar surface area (TPSA) is 114 Å². The number of amides is 2. The molecule has 10 nitrogen and oxygen atoms in total. The molecule has 11 heteroatoms. The molecule has 3 aromatic carbocycles. The molecule has 0 fully saturated rings. The van der Waals surface area contributed by atoms with E-state index in [1.165, 1.54) is 17.0 Å². The molecule has 3 aromatic rings. The Bertz CT molecular complexity index is 1480. The van der Waals surface area contributed by atoms with Crippen molar-refractivity contribution < 1.29 is 32.2 Å². The molecule has 1 aliphatic heterocycles. The molecule has 0 radical (unpaired) electrons. The highest BCUT2D eigenvalue weighted by Gasteiger charge is 2.33. The number of anilines is 1. The first kappa shape index (κ1) is 30.7. The fourth-order valence-electron chi connectivity index (χ4n) is 4.41. The zero-order chi connectivity index (χ0) is 30.3. The van der Waals surface area contributed by atoms with Crippen LogP contribution in [-0.2, 0) is 26.2 Å². The fourth-order valence-corrected chi connectivity index (χ4v) is 5.84. The van der Waals surface area contributed by atoms with Crippen LogP contribution in [0, 0.1) is 0 Å². The minimum Gasteiger partial charge on any atom is -0.497 e. The largest absolute Gasteiger partial charge is 0.497 e. The molecule has 1 heterocycles. The number of benzene rings is 3. The summed E-state index contributed by atoms with van der Waals surface area (Å²) in [5, 5.41) is 2.93. The van der Waals surface area contributed by atoms with Crippen LogP contribution in [0.25, 0.3) is 0 Å². The molecular weight excluding hydrogens is 558 g/mol. The van der Waals surface area contributed by atoms with Gasteiger partial charge in [0.1, 0.15) is 31.5 Å². The molecule has 2 atom stereocenters. The minimum absolute atomic E-state index is 0.0250. The maximum absolute atomic E-state index is 14.1. The van der Waals surface area contributed by atoms with Crippen molar-refractivity contribution in [1.82, 2.24) is 10.2 Å². The summed E-state index contributed by atoms with van der Waals surface area (Å²) in [6.07, 6.45) is 0.720. The Morgan fingerprint density at radius 1 is 0.952 bits per heavy atom. The summed E-state index contributed by atoms with van der Waals surface area (Å²) in [4.78, 5) is 28.7. The monoisotopic (exact) mass is 595 g/mol. The Morgan fingerprint density at radius 3 is 2.26 bits per heavy atom. The molecule has 0 bridgehead atoms. The van der Waals surface area contributed by atoms with E-state index in [0.717, 1.165) is 16.3 Å². The molecule has 224 valence electrons. The van der Waals surface area contributed by atoms with Crippen molar-refractivity contribution in [1.29, 1.82) is 0 Å². The number of hydrogen-bond donors (Lipinski definition) is 1. The van der Waals surface area contributed by atoms with Crippen LogP contribution in [0.15, 0.2) is 77.7 Å². The van der Waals surface area contributed by atoms with Gasteiger partial charge in [0.2, 0.25) is 11.8 Å². The van der Waals surface area contributed by atoms with E-state index in [1.54, 1.807) is 74.7 Å². The molecule has 0 saturated heterocycles. The second kappa shape index (κ2) is 13.6. The lowest BCUT2D eigenvalue weighted by molar-refractivity contribution is -0.139. The average Bonchev–Trinajstić information content (AvgIpc) is 3.02. The van der Waals surface area contributed by atoms with Crippen molar-refractivity contribution in [2.24, 2.45) is 0 Å². The molecule has 0 aromatic heterocycles. The number of nitrogens with zero attached hydrogens (tertiary/aromatic N) is 2. The van der Waals surface area contributed by atoms with Gasteiger partial charge in [-0.2, -0.15) is 0 Å². The van der Waals surface area contributed by atoms with Gasteiger partial charge in [0, 0.05) is 18.7 Å². The zero-order valence-corrected chi connectivity index (χ0v) is 25.1. The number of fused-ring (bicyclic) bond motifs is 1. The van der Waals surface area contributed by atoms with Crippen molar-refractivity contribution >= 4 is 27.5 Å². The summed E-state index contributed by atoms with van der Waals surface area (Å²) in [5.74, 6) is 0.647. The van der Waals surface area contributed by atoms with Crippen LogP contribution in [0.5, 0.6) is 17.2 Å². The fraction of sp³-hybridized carbons (Fsp3) is 0.355. The van der Waals surface area contributed by atoms with E-state index >= 15 is 0 Å². The van der Waals surface area contributed by atoms with E-state index < -0.39 is 28.5 Å². The Labute approximate surface area is 247 Å². The lowest BCUT2D eigenvalue weighted by atomic mass is 10.1. The Hall–Kier alpha value is -4.25. The van der Waals surface area contributed by atoms with Crippen LogP contribution in [0.3, 0.4) is 0 Å². The summed E-state index contributed by atoms with van der Waals surface area (Å²) < 4.78 is 45.5. The maximum atomic E-state index is 14.1. The van der Waals surface area contributed by atoms with Crippen LogP contribution in [0.1, 0.15) is 32.8 Å². The molecule has 4 rings (SSSR count). The molecule has 1 aliphatic rings. The van der Waals surface area contributed by atoms with Gasteiger partial charge in [-0.3, -0.25) is 13.9 Å². The molecular formula is C31H37N3O7S. The standard InChI is InChI=1S/C31H37N3O7S/c1-5-22(2)32-31(36)23(3)33(20-24-11-14-26(39-4)15-12-24)30(35)21-34(42(37,38)27-9-7-6-8-10-27)25-13-16-28-29(19-25)41-18-17-40-28/h6-16,19,22-23H,5,17-18,20-21H2,1-4H3,(H,32,36)/t22-,23+/m0/s1. The summed E-state index contributed by atoms with van der Waals surface area (Å²) >= 11 is 0. The highest BCUT2D eigenvalue weighted by atomic mass is 32.2. The molecule has 0 unspecified atom stereocenters. The lowest BCUT2D eigenvalue weighted by Gasteiger charge is -2.32. The second-order valence-corrected chi connectivity index (χ2v) is 11.9. The maximum Gasteiger partial charge on any atom is 0.264 e. The van der Waals surface area contributed by atoms with Crippen LogP contribution in [0.4, 0.5) is 5.69 Å². The predicted octanol–water partition coefficient (Wildman–Crippen LogP) is 3.99. The first-order valence-electron chi connectivity index (χ1n) is 13.8. The highest BCUT2D eigenvalue weighted by molar-refractivity contribution is 7.92. The first-order valence-corrected chi connectivity index (χ1v) is 15.3. The van der Waals surface area contributed by atoms with Crippen molar-refractivity contribution in [2.75, 3.05) is 31.2 Å². The summed E-state index contributed by atoms with van der Waals surface area (Å²) in [7, 11) is -2.63. The molecule has 2 amide bonds. The normalized spacial score (nSPS) is 13.9. The summed E-state index contributed by atoms with van der Waals surface area (Å²) in [6.45, 7) is 5.71. The number of hydrogen-bond acceptors (Lipinski definition) is 7. The summed E-state index contributed by atoms with van der Waals surface area (Å²) in [5.41, 5.74) is 0.988. The van der Waals surface area contributed by atoms with Gasteiger partial charge in [-0.1, -0.05) is 37.3 Å². The van der Waals surface area contributed by atoms with Gasteiger partial charge in [0.05, 0.1) is 17.7 Å². The molecule has 0 saturated carbocycles. The first-order chi connectivity index (χ1) is 20.1. The van der Waals surface area contributed by atoms with E-state index in [-0.39, 0.29) is 29.1 Å². The van der Waals surface area contributed by atoms with Gasteiger partial charge in [0.15, 0.2) is 11.5 Å². The third kappa shape index (κ3) is 7.14. The van der Waals surface area contributed by atoms with E-state index in [4.69, 9.17) is 14.2 Å². The van der Waals surface area contributed by atoms with Crippen molar-refractivity contribution in [3.05, 3.63) is 78.4 Å². The number of ether oxygens (including phenoxy) is 3. The zero-order valence-electron chi connectivity index (χ0n) is 24.3. The number of carbonyl (C=O) groups is 2. The summed E-state index contributed by atoms with van der Waals surface area (Å²) in [6, 6.07) is 18.8. The highest BCUT2D eigenvalue weighted by Crippen LogP contribution is 2.36. The Balaban J connectivity index is 1.72. The third-order valence-electron chi connectivity index (χ3n) is 7.10. The van der Waals surface area contributed by atoms with Crippen LogP contribution < -0.4 is 23.8 Å². The van der Waals surface area contributed by atoms with Gasteiger partial charge < -0.3 is 24.4 Å². The van der Waals surface area contributed by atoms with Gasteiger partial charge in [-0.25, -0.2) is 8.42 Å². The number of sulfonamides is 1. The van der Waals surface area contributed by atoms with Gasteiger partial charge >= 0.3 is 0 Å². The minimum atomic E-state index is -4.19. The quantitative estimate of drug-likeness (QED) is 0.337. The molecule has 1 N–H and O–H groups in total. The smallest absolute Gasteiger partial charge is 0.264 e. The van der Waals surface area contributed by atoms with Crippen molar-refractivity contribution in [3.8, 4) is 17.2 Å². The van der Waals surface area contributed by atoms with Crippen LogP contribution >= 0.6 is 0 Å². The van der Waals surface area contributed by atoms with Crippen molar-refractivity contribution in [2.45, 2.75) is 50.7 Å². The number of nitrogens with one attached hydrogen (secondary N) is 1. The van der Waals surface area contributed by atoms with E-state index in [0.29, 0.717) is 30.5 Å². The van der Waals surface area contributed by atoms with E-state index in [9.17, 15) is 18.0 Å². The van der Waals surface area contributed by atoms with E-state index in [2.05, 4.69) is 5.32 Å². The lowest BCUT2D eigenvalue weighted by Crippen LogP contribution is -2.52. The van der Waals surface area contributed by atoms with Gasteiger partial charge in [-0.05, 0) is 62.2 Å². The van der Waals surface area contributed by atoms with Gasteiger partial charge in [0.25, 0.3) is 10.0 Å². The predicted molar refractivity (Wildman–Crippen MR) is 159 cm³/mol. The number of rotatable bonds is 12. The SMILES string of the molecule is CC[C@H](C)NC(=O)[C@@H](C)N(Cc1ccc(OC)cc1)C(=O)CN(c1ccc2c(c1)OCCO2)S(=O)(=O)c1ccccc1. The van der Waals surface area contributed by atoms with E-state index in [1.807, 2.05) is 13.8 Å². The number of carbonyl (C=O) groups excluding carboxylic acids is 2. The number of methoxy groups -OCH3 is 1. The second-order valence-electron chi connectivity index (χ2n) is 10.0. The molecule has 42 heavy (non-hydrogen) atoms. The third-order valence-corrected chi connectivity index (χ3v) is 8.89.